The van der Waals surface area contributed by atoms with Gasteiger partial charge in [0.1, 0.15) is 0 Å². The smallest absolute Gasteiger partial charge is 0.325 e. The zero-order valence-electron chi connectivity index (χ0n) is 16.7. The van der Waals surface area contributed by atoms with Crippen molar-refractivity contribution in [3.63, 3.8) is 0 Å². The van der Waals surface area contributed by atoms with Gasteiger partial charge in [-0.3, -0.25) is 18.7 Å². The van der Waals surface area contributed by atoms with Crippen LogP contribution in [-0.4, -0.2) is 41.4 Å². The van der Waals surface area contributed by atoms with Crippen molar-refractivity contribution in [3.8, 4) is 0 Å². The van der Waals surface area contributed by atoms with E-state index >= 15 is 0 Å². The number of fused-ring (bicyclic) bond motifs is 1. The van der Waals surface area contributed by atoms with Gasteiger partial charge in [-0.25, -0.2) is 22.0 Å². The van der Waals surface area contributed by atoms with Crippen molar-refractivity contribution in [1.29, 1.82) is 0 Å². The molecule has 3 aromatic rings. The first kappa shape index (κ1) is 22.3. The van der Waals surface area contributed by atoms with Crippen LogP contribution < -0.4 is 16.6 Å². The van der Waals surface area contributed by atoms with Gasteiger partial charge in [-0.2, -0.15) is 4.31 Å². The fourth-order valence-corrected chi connectivity index (χ4v) is 4.13. The predicted molar refractivity (Wildman–Crippen MR) is 109 cm³/mol. The molecule has 0 unspecified atom stereocenters. The van der Waals surface area contributed by atoms with E-state index in [0.29, 0.717) is 0 Å². The lowest BCUT2D eigenvalue weighted by Gasteiger charge is -2.17. The summed E-state index contributed by atoms with van der Waals surface area (Å²) in [7, 11) is -0.297. The standard InChI is InChI=1S/C19H18F2N4O5S/c1-23(10-17(26)22-11-4-6-14(20)15(21)8-11)31(29,30)12-5-7-16-13(9-12)18(27)25(3)19(28)24(16)2/h4-9H,10H2,1-3H3,(H,22,26). The maximum atomic E-state index is 13.3. The van der Waals surface area contributed by atoms with Crippen LogP contribution >= 0.6 is 0 Å². The summed E-state index contributed by atoms with van der Waals surface area (Å²) in [5.41, 5.74) is -0.997. The van der Waals surface area contributed by atoms with E-state index in [2.05, 4.69) is 5.32 Å². The Bertz CT molecular complexity index is 1430. The van der Waals surface area contributed by atoms with Crippen LogP contribution in [0.5, 0.6) is 0 Å². The number of likely N-dealkylation sites (N-methyl/N-ethyl adjacent to an activating group) is 1. The Morgan fingerprint density at radius 2 is 1.71 bits per heavy atom. The maximum Gasteiger partial charge on any atom is 0.330 e. The molecule has 3 rings (SSSR count). The number of nitrogens with zero attached hydrogens (tertiary/aromatic N) is 3. The number of aryl methyl sites for hydroxylation is 1. The minimum absolute atomic E-state index is 0.0188. The molecule has 0 spiro atoms. The Kier molecular flexibility index (Phi) is 5.79. The highest BCUT2D eigenvalue weighted by Gasteiger charge is 2.24. The average Bonchev–Trinajstić information content (AvgIpc) is 2.72. The van der Waals surface area contributed by atoms with E-state index < -0.39 is 45.4 Å². The lowest BCUT2D eigenvalue weighted by molar-refractivity contribution is -0.116. The van der Waals surface area contributed by atoms with Gasteiger partial charge >= 0.3 is 5.69 Å². The second kappa shape index (κ2) is 8.04. The Labute approximate surface area is 175 Å². The van der Waals surface area contributed by atoms with Crippen molar-refractivity contribution in [2.75, 3.05) is 18.9 Å². The Morgan fingerprint density at radius 1 is 1.03 bits per heavy atom. The number of hydrogen-bond donors (Lipinski definition) is 1. The van der Waals surface area contributed by atoms with Crippen LogP contribution in [0.25, 0.3) is 10.9 Å². The lowest BCUT2D eigenvalue weighted by atomic mass is 10.2. The van der Waals surface area contributed by atoms with Crippen molar-refractivity contribution in [3.05, 3.63) is 68.9 Å². The van der Waals surface area contributed by atoms with E-state index in [1.807, 2.05) is 0 Å². The van der Waals surface area contributed by atoms with Gasteiger partial charge in [-0.05, 0) is 30.3 Å². The zero-order chi connectivity index (χ0) is 23.1. The zero-order valence-corrected chi connectivity index (χ0v) is 17.5. The van der Waals surface area contributed by atoms with Crippen LogP contribution in [0.15, 0.2) is 50.9 Å². The predicted octanol–water partition coefficient (Wildman–Crippen LogP) is 0.775. The molecule has 0 fully saturated rings. The largest absolute Gasteiger partial charge is 0.330 e. The lowest BCUT2D eigenvalue weighted by Crippen LogP contribution is -2.37. The van der Waals surface area contributed by atoms with E-state index in [4.69, 9.17) is 0 Å². The minimum Gasteiger partial charge on any atom is -0.325 e. The topological polar surface area (TPSA) is 110 Å². The highest BCUT2D eigenvalue weighted by atomic mass is 32.2. The molecule has 164 valence electrons. The van der Waals surface area contributed by atoms with Crippen molar-refractivity contribution in [1.82, 2.24) is 13.4 Å². The number of hydrogen-bond acceptors (Lipinski definition) is 5. The van der Waals surface area contributed by atoms with Crippen molar-refractivity contribution < 1.29 is 22.0 Å². The highest BCUT2D eigenvalue weighted by Crippen LogP contribution is 2.19. The number of aromatic nitrogens is 2. The summed E-state index contributed by atoms with van der Waals surface area (Å²) in [5.74, 6) is -3.03. The summed E-state index contributed by atoms with van der Waals surface area (Å²) >= 11 is 0. The Balaban J connectivity index is 1.89. The molecule has 0 saturated heterocycles. The minimum atomic E-state index is -4.18. The molecule has 0 aliphatic heterocycles. The third-order valence-corrected chi connectivity index (χ3v) is 6.52. The number of carbonyl (C=O) groups excluding carboxylic acids is 1. The molecule has 1 heterocycles. The molecule has 31 heavy (non-hydrogen) atoms. The first-order valence-corrected chi connectivity index (χ1v) is 10.3. The molecule has 1 amide bonds. The fourth-order valence-electron chi connectivity index (χ4n) is 2.98. The molecule has 2 aromatic carbocycles. The molecule has 0 aliphatic rings. The number of carbonyl (C=O) groups is 1. The van der Waals surface area contributed by atoms with Gasteiger partial charge in [-0.1, -0.05) is 0 Å². The molecule has 1 aromatic heterocycles. The number of amides is 1. The van der Waals surface area contributed by atoms with Crippen molar-refractivity contribution in [2.24, 2.45) is 14.1 Å². The van der Waals surface area contributed by atoms with Crippen LogP contribution in [0, 0.1) is 11.6 Å². The van der Waals surface area contributed by atoms with E-state index in [1.165, 1.54) is 30.8 Å². The molecule has 1 N–H and O–H groups in total. The molecular weight excluding hydrogens is 434 g/mol. The molecular formula is C19H18F2N4O5S. The van der Waals surface area contributed by atoms with Crippen LogP contribution in [0.1, 0.15) is 0 Å². The highest BCUT2D eigenvalue weighted by molar-refractivity contribution is 7.89. The normalized spacial score (nSPS) is 11.8. The summed E-state index contributed by atoms with van der Waals surface area (Å²) < 4.78 is 54.8. The molecule has 0 bridgehead atoms. The fraction of sp³-hybridized carbons (Fsp3) is 0.211. The number of rotatable bonds is 5. The van der Waals surface area contributed by atoms with Gasteiger partial charge < -0.3 is 5.32 Å². The summed E-state index contributed by atoms with van der Waals surface area (Å²) in [6, 6.07) is 6.42. The van der Waals surface area contributed by atoms with Crippen molar-refractivity contribution >= 4 is 32.5 Å². The van der Waals surface area contributed by atoms with Crippen LogP contribution in [0.3, 0.4) is 0 Å². The second-order valence-corrected chi connectivity index (χ2v) is 8.87. The van der Waals surface area contributed by atoms with Gasteiger partial charge in [-0.15, -0.1) is 0 Å². The third-order valence-electron chi connectivity index (χ3n) is 4.72. The molecule has 0 saturated carbocycles. The second-order valence-electron chi connectivity index (χ2n) is 6.82. The van der Waals surface area contributed by atoms with Gasteiger partial charge in [0.15, 0.2) is 11.6 Å². The van der Waals surface area contributed by atoms with Gasteiger partial charge in [0.2, 0.25) is 15.9 Å². The first-order valence-electron chi connectivity index (χ1n) is 8.84. The molecule has 12 heteroatoms. The van der Waals surface area contributed by atoms with Crippen LogP contribution in [0.4, 0.5) is 14.5 Å². The third kappa shape index (κ3) is 4.11. The molecule has 9 nitrogen and oxygen atoms in total. The summed E-state index contributed by atoms with van der Waals surface area (Å²) in [5, 5.41) is 2.30. The molecule has 0 radical (unpaired) electrons. The summed E-state index contributed by atoms with van der Waals surface area (Å²) in [6.45, 7) is -0.620. The number of halogens is 2. The SMILES string of the molecule is CN(CC(=O)Nc1ccc(F)c(F)c1)S(=O)(=O)c1ccc2c(c1)c(=O)n(C)c(=O)n2C. The van der Waals surface area contributed by atoms with Crippen molar-refractivity contribution in [2.45, 2.75) is 4.90 Å². The van der Waals surface area contributed by atoms with E-state index in [-0.39, 0.29) is 21.5 Å². The molecule has 0 atom stereocenters. The van der Waals surface area contributed by atoms with Crippen LogP contribution in [0.2, 0.25) is 0 Å². The Morgan fingerprint density at radius 3 is 2.35 bits per heavy atom. The van der Waals surface area contributed by atoms with Gasteiger partial charge in [0.25, 0.3) is 5.56 Å². The summed E-state index contributed by atoms with van der Waals surface area (Å²) in [6.07, 6.45) is 0. The quantitative estimate of drug-likeness (QED) is 0.615. The first-order chi connectivity index (χ1) is 14.4. The van der Waals surface area contributed by atoms with E-state index in [1.54, 1.807) is 0 Å². The number of benzene rings is 2. The maximum absolute atomic E-state index is 13.3. The Hall–Kier alpha value is -3.38. The average molecular weight is 452 g/mol. The van der Waals surface area contributed by atoms with E-state index in [9.17, 15) is 31.6 Å². The number of sulfonamides is 1. The summed E-state index contributed by atoms with van der Waals surface area (Å²) in [4.78, 5) is 36.3. The van der Waals surface area contributed by atoms with Crippen LogP contribution in [-0.2, 0) is 28.9 Å². The van der Waals surface area contributed by atoms with Gasteiger partial charge in [0.05, 0.1) is 22.3 Å². The number of anilines is 1. The monoisotopic (exact) mass is 452 g/mol. The van der Waals surface area contributed by atoms with E-state index in [0.717, 1.165) is 40.2 Å². The van der Waals surface area contributed by atoms with Gasteiger partial charge in [0, 0.05) is 32.9 Å². The number of nitrogens with one attached hydrogen (secondary N) is 1. The molecule has 0 aliphatic carbocycles.